The third-order valence-electron chi connectivity index (χ3n) is 2.26. The van der Waals surface area contributed by atoms with E-state index in [4.69, 9.17) is 17.3 Å². The highest BCUT2D eigenvalue weighted by Gasteiger charge is 2.07. The van der Waals surface area contributed by atoms with Crippen LogP contribution in [0.5, 0.6) is 0 Å². The molecule has 5 heteroatoms. The van der Waals surface area contributed by atoms with Crippen molar-refractivity contribution in [2.75, 3.05) is 17.7 Å². The van der Waals surface area contributed by atoms with Crippen LogP contribution in [-0.4, -0.2) is 21.6 Å². The minimum absolute atomic E-state index is 0.557. The third-order valence-corrected chi connectivity index (χ3v) is 3.08. The maximum atomic E-state index is 5.89. The number of aryl methyl sites for hydroxylation is 1. The van der Waals surface area contributed by atoms with Gasteiger partial charge in [-0.05, 0) is 24.5 Å². The number of imidazole rings is 1. The van der Waals surface area contributed by atoms with Crippen LogP contribution in [0.1, 0.15) is 0 Å². The van der Waals surface area contributed by atoms with Gasteiger partial charge in [0, 0.05) is 17.3 Å². The van der Waals surface area contributed by atoms with Crippen molar-refractivity contribution in [3.63, 3.8) is 0 Å². The first-order valence-electron chi connectivity index (χ1n) is 4.62. The number of nitrogens with two attached hydrogens (primary N) is 1. The molecule has 0 spiro atoms. The molecular weight excluding hydrogens is 230 g/mol. The summed E-state index contributed by atoms with van der Waals surface area (Å²) in [6.07, 6.45) is 2.08. The number of rotatable bonds is 3. The van der Waals surface area contributed by atoms with E-state index in [1.54, 1.807) is 11.8 Å². The molecule has 1 aromatic heterocycles. The molecule has 0 bridgehead atoms. The minimum Gasteiger partial charge on any atom is -0.369 e. The van der Waals surface area contributed by atoms with Crippen molar-refractivity contribution in [2.24, 2.45) is 0 Å². The summed E-state index contributed by atoms with van der Waals surface area (Å²) < 4.78 is 2.02. The van der Waals surface area contributed by atoms with Gasteiger partial charge in [-0.25, -0.2) is 4.98 Å². The second-order valence-electron chi connectivity index (χ2n) is 3.25. The molecule has 3 nitrogen and oxygen atoms in total. The van der Waals surface area contributed by atoms with Gasteiger partial charge in [0.25, 0.3) is 0 Å². The number of nitrogen functional groups attached to an aromatic ring is 1. The lowest BCUT2D eigenvalue weighted by Gasteiger charge is -2.04. The van der Waals surface area contributed by atoms with Crippen LogP contribution in [-0.2, 0) is 6.54 Å². The van der Waals surface area contributed by atoms with Crippen LogP contribution in [0, 0.1) is 0 Å². The molecule has 0 amide bonds. The molecule has 0 aliphatic rings. The highest BCUT2D eigenvalue weighted by molar-refractivity contribution is 7.98. The SMILES string of the molecule is CSCCn1c(N)nc2cc(Cl)ccc21. The molecule has 80 valence electrons. The summed E-state index contributed by atoms with van der Waals surface area (Å²) in [6, 6.07) is 5.66. The smallest absolute Gasteiger partial charge is 0.201 e. The third kappa shape index (κ3) is 2.06. The maximum Gasteiger partial charge on any atom is 0.201 e. The van der Waals surface area contributed by atoms with Gasteiger partial charge in [0.1, 0.15) is 0 Å². The molecule has 0 saturated carbocycles. The van der Waals surface area contributed by atoms with E-state index in [1.165, 1.54) is 0 Å². The van der Waals surface area contributed by atoms with E-state index in [1.807, 2.05) is 22.8 Å². The van der Waals surface area contributed by atoms with Crippen LogP contribution >= 0.6 is 23.4 Å². The Bertz CT molecular complexity index is 481. The number of halogens is 1. The molecule has 0 radical (unpaired) electrons. The van der Waals surface area contributed by atoms with Gasteiger partial charge in [-0.1, -0.05) is 11.6 Å². The normalized spacial score (nSPS) is 11.1. The van der Waals surface area contributed by atoms with Crippen LogP contribution in [0.3, 0.4) is 0 Å². The van der Waals surface area contributed by atoms with Gasteiger partial charge in [-0.3, -0.25) is 0 Å². The van der Waals surface area contributed by atoms with Crippen LogP contribution in [0.2, 0.25) is 5.02 Å². The van der Waals surface area contributed by atoms with Crippen molar-refractivity contribution in [2.45, 2.75) is 6.54 Å². The molecular formula is C10H12ClN3S. The average molecular weight is 242 g/mol. The number of aromatic nitrogens is 2. The van der Waals surface area contributed by atoms with Crippen molar-refractivity contribution in [3.8, 4) is 0 Å². The molecule has 1 aromatic carbocycles. The number of thioether (sulfide) groups is 1. The quantitative estimate of drug-likeness (QED) is 0.899. The van der Waals surface area contributed by atoms with Crippen molar-refractivity contribution in [1.82, 2.24) is 9.55 Å². The summed E-state index contributed by atoms with van der Waals surface area (Å²) in [5.74, 6) is 1.58. The van der Waals surface area contributed by atoms with Crippen LogP contribution in [0.15, 0.2) is 18.2 Å². The monoisotopic (exact) mass is 241 g/mol. The Morgan fingerprint density at radius 1 is 1.53 bits per heavy atom. The zero-order valence-corrected chi connectivity index (χ0v) is 9.98. The predicted octanol–water partition coefficient (Wildman–Crippen LogP) is 2.63. The van der Waals surface area contributed by atoms with Gasteiger partial charge in [0.05, 0.1) is 11.0 Å². The van der Waals surface area contributed by atoms with E-state index in [-0.39, 0.29) is 0 Å². The lowest BCUT2D eigenvalue weighted by atomic mass is 10.3. The van der Waals surface area contributed by atoms with Crippen molar-refractivity contribution in [1.29, 1.82) is 0 Å². The summed E-state index contributed by atoms with van der Waals surface area (Å²) in [7, 11) is 0. The molecule has 2 rings (SSSR count). The fourth-order valence-corrected chi connectivity index (χ4v) is 2.07. The second-order valence-corrected chi connectivity index (χ2v) is 4.67. The van der Waals surface area contributed by atoms with Crippen molar-refractivity contribution in [3.05, 3.63) is 23.2 Å². The molecule has 1 heterocycles. The van der Waals surface area contributed by atoms with Crippen LogP contribution in [0.25, 0.3) is 11.0 Å². The lowest BCUT2D eigenvalue weighted by molar-refractivity contribution is 0.810. The zero-order valence-electron chi connectivity index (χ0n) is 8.40. The van der Waals surface area contributed by atoms with Crippen LogP contribution < -0.4 is 5.73 Å². The Morgan fingerprint density at radius 2 is 2.33 bits per heavy atom. The number of fused-ring (bicyclic) bond motifs is 1. The number of benzene rings is 1. The second kappa shape index (κ2) is 4.33. The first-order valence-corrected chi connectivity index (χ1v) is 6.40. The first-order chi connectivity index (χ1) is 7.22. The molecule has 0 aliphatic carbocycles. The molecule has 0 atom stereocenters. The molecule has 15 heavy (non-hydrogen) atoms. The van der Waals surface area contributed by atoms with Gasteiger partial charge in [-0.15, -0.1) is 0 Å². The summed E-state index contributed by atoms with van der Waals surface area (Å²) >= 11 is 7.68. The van der Waals surface area contributed by atoms with Gasteiger partial charge in [-0.2, -0.15) is 11.8 Å². The minimum atomic E-state index is 0.557. The Kier molecular flexibility index (Phi) is 3.07. The average Bonchev–Trinajstić information content (AvgIpc) is 2.50. The Morgan fingerprint density at radius 3 is 3.07 bits per heavy atom. The summed E-state index contributed by atoms with van der Waals surface area (Å²) in [5.41, 5.74) is 7.75. The van der Waals surface area contributed by atoms with Gasteiger partial charge >= 0.3 is 0 Å². The number of hydrogen-bond acceptors (Lipinski definition) is 3. The van der Waals surface area contributed by atoms with E-state index in [0.717, 1.165) is 23.3 Å². The first kappa shape index (κ1) is 10.6. The number of hydrogen-bond donors (Lipinski definition) is 1. The largest absolute Gasteiger partial charge is 0.369 e. The maximum absolute atomic E-state index is 5.89. The van der Waals surface area contributed by atoms with E-state index >= 15 is 0 Å². The topological polar surface area (TPSA) is 43.8 Å². The van der Waals surface area contributed by atoms with E-state index < -0.39 is 0 Å². The molecule has 0 aliphatic heterocycles. The van der Waals surface area contributed by atoms with E-state index in [2.05, 4.69) is 11.2 Å². The standard InChI is InChI=1S/C10H12ClN3S/c1-15-5-4-14-9-3-2-7(11)6-8(9)13-10(14)12/h2-3,6H,4-5H2,1H3,(H2,12,13). The van der Waals surface area contributed by atoms with Crippen LogP contribution in [0.4, 0.5) is 5.95 Å². The molecule has 0 saturated heterocycles. The van der Waals surface area contributed by atoms with Crippen molar-refractivity contribution < 1.29 is 0 Å². The van der Waals surface area contributed by atoms with E-state index in [9.17, 15) is 0 Å². The fourth-order valence-electron chi connectivity index (χ4n) is 1.54. The Balaban J connectivity index is 2.48. The summed E-state index contributed by atoms with van der Waals surface area (Å²) in [5, 5.41) is 0.692. The van der Waals surface area contributed by atoms with Crippen molar-refractivity contribution >= 4 is 40.3 Å². The Hall–Kier alpha value is -0.870. The van der Waals surface area contributed by atoms with Gasteiger partial charge < -0.3 is 10.3 Å². The number of anilines is 1. The summed E-state index contributed by atoms with van der Waals surface area (Å²) in [4.78, 5) is 4.27. The van der Waals surface area contributed by atoms with Gasteiger partial charge in [0.15, 0.2) is 0 Å². The number of nitrogens with zero attached hydrogens (tertiary/aromatic N) is 2. The van der Waals surface area contributed by atoms with Gasteiger partial charge in [0.2, 0.25) is 5.95 Å². The summed E-state index contributed by atoms with van der Waals surface area (Å²) in [6.45, 7) is 0.880. The molecule has 0 unspecified atom stereocenters. The van der Waals surface area contributed by atoms with E-state index in [0.29, 0.717) is 11.0 Å². The molecule has 2 aromatic rings. The lowest BCUT2D eigenvalue weighted by Crippen LogP contribution is -2.04. The highest BCUT2D eigenvalue weighted by atomic mass is 35.5. The molecule has 2 N–H and O–H groups in total. The highest BCUT2D eigenvalue weighted by Crippen LogP contribution is 2.21. The predicted molar refractivity (Wildman–Crippen MR) is 67.5 cm³/mol. The zero-order chi connectivity index (χ0) is 10.8. The molecule has 0 fully saturated rings. The Labute approximate surface area is 97.6 Å². The fraction of sp³-hybridized carbons (Fsp3) is 0.300.